The molecule has 116 valence electrons. The van der Waals surface area contributed by atoms with Crippen molar-refractivity contribution in [1.82, 2.24) is 0 Å². The maximum Gasteiger partial charge on any atom is 0.330 e. The summed E-state index contributed by atoms with van der Waals surface area (Å²) in [5.41, 5.74) is 0.337. The third-order valence-corrected chi connectivity index (χ3v) is 2.54. The van der Waals surface area contributed by atoms with E-state index < -0.39 is 10.9 Å². The van der Waals surface area contributed by atoms with Gasteiger partial charge in [0.05, 0.1) is 31.6 Å². The number of nitro benzene ring substituents is 1. The van der Waals surface area contributed by atoms with E-state index in [9.17, 15) is 14.9 Å². The van der Waals surface area contributed by atoms with Crippen molar-refractivity contribution in [2.24, 2.45) is 0 Å². The quantitative estimate of drug-likeness (QED) is 0.150. The molecule has 0 radical (unpaired) electrons. The lowest BCUT2D eigenvalue weighted by Gasteiger charge is -2.23. The number of hydrogen-bond donors (Lipinski definition) is 0. The molecule has 7 heteroatoms. The molecule has 0 aliphatic heterocycles. The molecular weight excluding hydrogens is 387 g/mol. The van der Waals surface area contributed by atoms with Crippen LogP contribution in [0.4, 0.5) is 5.69 Å². The zero-order valence-corrected chi connectivity index (χ0v) is 14.4. The average Bonchev–Trinajstić information content (AvgIpc) is 2.35. The summed E-state index contributed by atoms with van der Waals surface area (Å²) in [7, 11) is 5.99. The van der Waals surface area contributed by atoms with Crippen LogP contribution in [0.5, 0.6) is 0 Å². The smallest absolute Gasteiger partial charge is 0.330 e. The van der Waals surface area contributed by atoms with Gasteiger partial charge < -0.3 is 33.2 Å². The number of likely N-dealkylation sites (N-methyl/N-ethyl adjacent to an activating group) is 1. The van der Waals surface area contributed by atoms with E-state index in [0.29, 0.717) is 23.2 Å². The highest BCUT2D eigenvalue weighted by atomic mass is 127. The Balaban J connectivity index is 0.00000400. The fraction of sp³-hybridized carbons (Fsp3) is 0.357. The summed E-state index contributed by atoms with van der Waals surface area (Å²) in [6.07, 6.45) is 2.60. The standard InChI is InChI=1S/C14H19N2O4.HI/c1-16(2,3)10-11-20-14(17)9-8-12-6-4-5-7-13(12)15(18)19;/h4-9H,10-11H2,1-3H3;1H/q+1;/p-1/b9-8+;. The number of carbonyl (C=O) groups is 1. The number of rotatable bonds is 6. The molecule has 0 atom stereocenters. The Labute approximate surface area is 141 Å². The van der Waals surface area contributed by atoms with Crippen molar-refractivity contribution in [3.8, 4) is 0 Å². The summed E-state index contributed by atoms with van der Waals surface area (Å²) in [6, 6.07) is 6.22. The molecule has 0 heterocycles. The van der Waals surface area contributed by atoms with Gasteiger partial charge in [-0.05, 0) is 12.1 Å². The van der Waals surface area contributed by atoms with E-state index in [2.05, 4.69) is 0 Å². The molecule has 0 N–H and O–H groups in total. The van der Waals surface area contributed by atoms with Gasteiger partial charge in [-0.1, -0.05) is 12.1 Å². The third-order valence-electron chi connectivity index (χ3n) is 2.54. The molecule has 6 nitrogen and oxygen atoms in total. The summed E-state index contributed by atoms with van der Waals surface area (Å²) >= 11 is 0. The first-order valence-electron chi connectivity index (χ1n) is 6.18. The maximum absolute atomic E-state index is 11.5. The molecular formula is C14H19IN2O4. The highest BCUT2D eigenvalue weighted by molar-refractivity contribution is 5.87. The second-order valence-corrected chi connectivity index (χ2v) is 5.33. The molecule has 0 spiro atoms. The zero-order chi connectivity index (χ0) is 15.2. The first-order valence-corrected chi connectivity index (χ1v) is 6.18. The van der Waals surface area contributed by atoms with Gasteiger partial charge in [-0.3, -0.25) is 10.1 Å². The summed E-state index contributed by atoms with van der Waals surface area (Å²) in [5.74, 6) is -0.503. The van der Waals surface area contributed by atoms with Crippen molar-refractivity contribution in [3.63, 3.8) is 0 Å². The topological polar surface area (TPSA) is 69.4 Å². The highest BCUT2D eigenvalue weighted by Crippen LogP contribution is 2.18. The van der Waals surface area contributed by atoms with Crippen LogP contribution in [0.1, 0.15) is 5.56 Å². The lowest BCUT2D eigenvalue weighted by atomic mass is 10.1. The molecule has 1 rings (SSSR count). The van der Waals surface area contributed by atoms with Gasteiger partial charge in [0, 0.05) is 12.1 Å². The summed E-state index contributed by atoms with van der Waals surface area (Å²) in [6.45, 7) is 1.01. The summed E-state index contributed by atoms with van der Waals surface area (Å²) in [5, 5.41) is 10.8. The van der Waals surface area contributed by atoms with E-state index in [-0.39, 0.29) is 29.7 Å². The van der Waals surface area contributed by atoms with Crippen LogP contribution in [0.2, 0.25) is 0 Å². The molecule has 0 fully saturated rings. The first kappa shape index (κ1) is 19.5. The minimum absolute atomic E-state index is 0. The molecule has 0 aromatic heterocycles. The number of nitro groups is 1. The van der Waals surface area contributed by atoms with Gasteiger partial charge in [-0.15, -0.1) is 0 Å². The van der Waals surface area contributed by atoms with E-state index in [4.69, 9.17) is 4.74 Å². The number of hydrogen-bond acceptors (Lipinski definition) is 4. The van der Waals surface area contributed by atoms with E-state index in [1.54, 1.807) is 18.2 Å². The van der Waals surface area contributed by atoms with E-state index >= 15 is 0 Å². The SMILES string of the molecule is C[N+](C)(C)CCOC(=O)/C=C/c1ccccc1[N+](=O)[O-].[I-]. The summed E-state index contributed by atoms with van der Waals surface area (Å²) in [4.78, 5) is 21.8. The fourth-order valence-electron chi connectivity index (χ4n) is 1.42. The monoisotopic (exact) mass is 406 g/mol. The van der Waals surface area contributed by atoms with Crippen molar-refractivity contribution in [1.29, 1.82) is 0 Å². The predicted octanol–water partition coefficient (Wildman–Crippen LogP) is -1.14. The van der Waals surface area contributed by atoms with Crippen LogP contribution in [0.15, 0.2) is 30.3 Å². The van der Waals surface area contributed by atoms with Crippen molar-refractivity contribution >= 4 is 17.7 Å². The lowest BCUT2D eigenvalue weighted by molar-refractivity contribution is -0.870. The molecule has 1 aromatic rings. The Morgan fingerprint density at radius 2 is 1.95 bits per heavy atom. The van der Waals surface area contributed by atoms with Crippen LogP contribution in [0, 0.1) is 10.1 Å². The number of benzene rings is 1. The molecule has 0 saturated carbocycles. The van der Waals surface area contributed by atoms with Gasteiger partial charge in [-0.25, -0.2) is 4.79 Å². The minimum atomic E-state index is -0.503. The molecule has 1 aromatic carbocycles. The maximum atomic E-state index is 11.5. The van der Waals surface area contributed by atoms with Crippen molar-refractivity contribution < 1.29 is 42.9 Å². The molecule has 0 amide bonds. The number of ether oxygens (including phenoxy) is 1. The lowest BCUT2D eigenvalue weighted by Crippen LogP contribution is -3.00. The molecule has 0 aliphatic rings. The first-order chi connectivity index (χ1) is 9.29. The Kier molecular flexibility index (Phi) is 8.11. The number of carbonyl (C=O) groups excluding carboxylic acids is 1. The van der Waals surface area contributed by atoms with Crippen LogP contribution >= 0.6 is 0 Å². The van der Waals surface area contributed by atoms with Crippen molar-refractivity contribution in [3.05, 3.63) is 46.0 Å². The van der Waals surface area contributed by atoms with Gasteiger partial charge in [0.15, 0.2) is 0 Å². The van der Waals surface area contributed by atoms with Gasteiger partial charge in [0.2, 0.25) is 0 Å². The Morgan fingerprint density at radius 3 is 2.52 bits per heavy atom. The molecule has 0 saturated heterocycles. The third kappa shape index (κ3) is 7.76. The number of esters is 1. The highest BCUT2D eigenvalue weighted by Gasteiger charge is 2.11. The van der Waals surface area contributed by atoms with Crippen LogP contribution in [-0.2, 0) is 9.53 Å². The van der Waals surface area contributed by atoms with E-state index in [0.717, 1.165) is 0 Å². The van der Waals surface area contributed by atoms with E-state index in [1.165, 1.54) is 18.2 Å². The van der Waals surface area contributed by atoms with Crippen LogP contribution < -0.4 is 24.0 Å². The molecule has 21 heavy (non-hydrogen) atoms. The average molecular weight is 406 g/mol. The second kappa shape index (κ2) is 8.73. The van der Waals surface area contributed by atoms with Crippen LogP contribution in [-0.4, -0.2) is 49.7 Å². The number of nitrogens with zero attached hydrogens (tertiary/aromatic N) is 2. The minimum Gasteiger partial charge on any atom is -1.00 e. The normalized spacial score (nSPS) is 11.0. The Morgan fingerprint density at radius 1 is 1.33 bits per heavy atom. The van der Waals surface area contributed by atoms with Gasteiger partial charge in [0.25, 0.3) is 5.69 Å². The second-order valence-electron chi connectivity index (χ2n) is 5.33. The van der Waals surface area contributed by atoms with Crippen molar-refractivity contribution in [2.75, 3.05) is 34.3 Å². The van der Waals surface area contributed by atoms with Gasteiger partial charge in [-0.2, -0.15) is 0 Å². The van der Waals surface area contributed by atoms with Crippen LogP contribution in [0.3, 0.4) is 0 Å². The zero-order valence-electron chi connectivity index (χ0n) is 12.3. The Bertz CT molecular complexity index is 524. The Hall–Kier alpha value is -1.48. The largest absolute Gasteiger partial charge is 1.00 e. The summed E-state index contributed by atoms with van der Waals surface area (Å²) < 4.78 is 5.72. The van der Waals surface area contributed by atoms with E-state index in [1.807, 2.05) is 21.1 Å². The predicted molar refractivity (Wildman–Crippen MR) is 76.0 cm³/mol. The fourth-order valence-corrected chi connectivity index (χ4v) is 1.42. The number of para-hydroxylation sites is 1. The molecule has 0 bridgehead atoms. The van der Waals surface area contributed by atoms with Crippen LogP contribution in [0.25, 0.3) is 6.08 Å². The van der Waals surface area contributed by atoms with Crippen molar-refractivity contribution in [2.45, 2.75) is 0 Å². The van der Waals surface area contributed by atoms with Gasteiger partial charge in [0.1, 0.15) is 13.2 Å². The number of quaternary nitrogens is 1. The van der Waals surface area contributed by atoms with Gasteiger partial charge >= 0.3 is 5.97 Å². The number of halogens is 1. The molecule has 0 unspecified atom stereocenters. The molecule has 0 aliphatic carbocycles.